The van der Waals surface area contributed by atoms with Crippen molar-refractivity contribution in [1.82, 2.24) is 0 Å². The lowest BCUT2D eigenvalue weighted by molar-refractivity contribution is -0.454. The van der Waals surface area contributed by atoms with Gasteiger partial charge in [-0.25, -0.2) is 4.74 Å². The maximum absolute atomic E-state index is 11.8. The summed E-state index contributed by atoms with van der Waals surface area (Å²) < 4.78 is 1.19. The second-order valence-electron chi connectivity index (χ2n) is 4.59. The Labute approximate surface area is 97.2 Å². The average Bonchev–Trinajstić information content (AvgIpc) is 2.69. The van der Waals surface area contributed by atoms with Crippen LogP contribution >= 0.6 is 0 Å². The maximum Gasteiger partial charge on any atom is 0.194 e. The van der Waals surface area contributed by atoms with Crippen molar-refractivity contribution >= 4 is 5.71 Å². The van der Waals surface area contributed by atoms with Crippen LogP contribution < -0.4 is 0 Å². The summed E-state index contributed by atoms with van der Waals surface area (Å²) in [6.45, 7) is 2.88. The number of unbranched alkanes of at least 4 members (excludes halogenated alkanes) is 1. The first kappa shape index (κ1) is 11.2. The van der Waals surface area contributed by atoms with Gasteiger partial charge in [0.15, 0.2) is 12.3 Å². The van der Waals surface area contributed by atoms with Crippen molar-refractivity contribution < 1.29 is 4.74 Å². The van der Waals surface area contributed by atoms with Gasteiger partial charge in [0.2, 0.25) is 0 Å². The Hall–Kier alpha value is -1.31. The largest absolute Gasteiger partial charge is 0.624 e. The topological polar surface area (TPSA) is 26.1 Å². The Bertz CT molecular complexity index is 370. The van der Waals surface area contributed by atoms with Crippen LogP contribution in [0.2, 0.25) is 0 Å². The summed E-state index contributed by atoms with van der Waals surface area (Å²) in [6, 6.07) is 10.0. The van der Waals surface area contributed by atoms with E-state index in [0.29, 0.717) is 12.5 Å². The predicted molar refractivity (Wildman–Crippen MR) is 66.7 cm³/mol. The highest BCUT2D eigenvalue weighted by Crippen LogP contribution is 2.22. The zero-order valence-electron chi connectivity index (χ0n) is 9.86. The molecule has 86 valence electrons. The Morgan fingerprint density at radius 1 is 1.31 bits per heavy atom. The van der Waals surface area contributed by atoms with Crippen LogP contribution in [0.5, 0.6) is 0 Å². The zero-order valence-corrected chi connectivity index (χ0v) is 9.86. The van der Waals surface area contributed by atoms with E-state index in [4.69, 9.17) is 0 Å². The maximum atomic E-state index is 11.8. The second-order valence-corrected chi connectivity index (χ2v) is 4.59. The van der Waals surface area contributed by atoms with Crippen LogP contribution in [0.4, 0.5) is 0 Å². The number of nitrogens with zero attached hydrogens (tertiary/aromatic N) is 1. The van der Waals surface area contributed by atoms with E-state index in [2.05, 4.69) is 6.92 Å². The van der Waals surface area contributed by atoms with E-state index in [9.17, 15) is 5.21 Å². The summed E-state index contributed by atoms with van der Waals surface area (Å²) >= 11 is 0. The summed E-state index contributed by atoms with van der Waals surface area (Å²) in [5.74, 6) is 0.563. The predicted octanol–water partition coefficient (Wildman–Crippen LogP) is 3.20. The summed E-state index contributed by atoms with van der Waals surface area (Å²) in [5.41, 5.74) is 2.07. The molecule has 1 unspecified atom stereocenters. The summed E-state index contributed by atoms with van der Waals surface area (Å²) in [6.07, 6.45) is 4.59. The van der Waals surface area contributed by atoms with Gasteiger partial charge in [0.25, 0.3) is 0 Å². The molecule has 1 aromatic carbocycles. The molecule has 0 aliphatic carbocycles. The third-order valence-corrected chi connectivity index (χ3v) is 3.28. The van der Waals surface area contributed by atoms with Crippen LogP contribution in [0.15, 0.2) is 30.3 Å². The number of hydrogen-bond acceptors (Lipinski definition) is 1. The molecule has 2 nitrogen and oxygen atoms in total. The van der Waals surface area contributed by atoms with Gasteiger partial charge in [0.1, 0.15) is 0 Å². The number of hydroxylamine groups is 1. The molecule has 1 aliphatic heterocycles. The van der Waals surface area contributed by atoms with Gasteiger partial charge in [-0.1, -0.05) is 38.0 Å². The van der Waals surface area contributed by atoms with Crippen LogP contribution in [0.3, 0.4) is 0 Å². The average molecular weight is 217 g/mol. The molecular weight excluding hydrogens is 198 g/mol. The van der Waals surface area contributed by atoms with Crippen LogP contribution in [0.25, 0.3) is 0 Å². The van der Waals surface area contributed by atoms with Gasteiger partial charge in [-0.2, -0.15) is 0 Å². The lowest BCUT2D eigenvalue weighted by atomic mass is 9.96. The third kappa shape index (κ3) is 2.43. The highest BCUT2D eigenvalue weighted by Gasteiger charge is 2.28. The smallest absolute Gasteiger partial charge is 0.194 e. The van der Waals surface area contributed by atoms with Crippen molar-refractivity contribution in [3.8, 4) is 0 Å². The fourth-order valence-corrected chi connectivity index (χ4v) is 2.36. The minimum atomic E-state index is 0.563. The molecule has 0 amide bonds. The molecule has 0 aromatic heterocycles. The van der Waals surface area contributed by atoms with E-state index in [-0.39, 0.29) is 0 Å². The van der Waals surface area contributed by atoms with E-state index in [1.54, 1.807) is 0 Å². The van der Waals surface area contributed by atoms with Gasteiger partial charge in [-0.05, 0) is 18.6 Å². The van der Waals surface area contributed by atoms with Gasteiger partial charge in [0, 0.05) is 17.9 Å². The van der Waals surface area contributed by atoms with E-state index in [1.807, 2.05) is 30.3 Å². The van der Waals surface area contributed by atoms with Crippen molar-refractivity contribution in [3.05, 3.63) is 41.1 Å². The molecular formula is C14H19NO. The standard InChI is InChI=1S/C14H19NO/c1-2-3-7-12-10-14(15(16)11-12)13-8-5-4-6-9-13/h4-6,8-9,12H,2-3,7,10-11H2,1H3. The normalized spacial score (nSPS) is 20.4. The molecule has 0 fully saturated rings. The summed E-state index contributed by atoms with van der Waals surface area (Å²) in [4.78, 5) is 0. The van der Waals surface area contributed by atoms with Gasteiger partial charge in [-0.3, -0.25) is 0 Å². The van der Waals surface area contributed by atoms with Crippen LogP contribution in [-0.2, 0) is 0 Å². The van der Waals surface area contributed by atoms with Crippen LogP contribution in [-0.4, -0.2) is 17.0 Å². The molecule has 0 saturated carbocycles. The van der Waals surface area contributed by atoms with Gasteiger partial charge in [-0.15, -0.1) is 0 Å². The Balaban J connectivity index is 2.04. The summed E-state index contributed by atoms with van der Waals surface area (Å²) in [7, 11) is 0. The minimum absolute atomic E-state index is 0.563. The third-order valence-electron chi connectivity index (χ3n) is 3.28. The van der Waals surface area contributed by atoms with Crippen molar-refractivity contribution in [2.45, 2.75) is 32.6 Å². The Morgan fingerprint density at radius 2 is 2.06 bits per heavy atom. The van der Waals surface area contributed by atoms with Gasteiger partial charge in [0.05, 0.1) is 0 Å². The quantitative estimate of drug-likeness (QED) is 0.562. The SMILES string of the molecule is CCCCC1CC(c2ccccc2)=[N+]([O-])C1. The van der Waals surface area contributed by atoms with Crippen molar-refractivity contribution in [2.75, 3.05) is 6.54 Å². The number of benzene rings is 1. The Kier molecular flexibility index (Phi) is 3.60. The molecule has 0 saturated heterocycles. The molecule has 1 atom stereocenters. The zero-order chi connectivity index (χ0) is 11.4. The fraction of sp³-hybridized carbons (Fsp3) is 0.500. The first-order valence-corrected chi connectivity index (χ1v) is 6.17. The lowest BCUT2D eigenvalue weighted by Gasteiger charge is -2.04. The van der Waals surface area contributed by atoms with Gasteiger partial charge < -0.3 is 5.21 Å². The van der Waals surface area contributed by atoms with E-state index in [1.165, 1.54) is 24.0 Å². The molecule has 1 heterocycles. The van der Waals surface area contributed by atoms with Gasteiger partial charge >= 0.3 is 0 Å². The molecule has 0 radical (unpaired) electrons. The fourth-order valence-electron chi connectivity index (χ4n) is 2.36. The van der Waals surface area contributed by atoms with Crippen molar-refractivity contribution in [2.24, 2.45) is 5.92 Å². The lowest BCUT2D eigenvalue weighted by Crippen LogP contribution is -2.09. The highest BCUT2D eigenvalue weighted by atomic mass is 16.5. The summed E-state index contributed by atoms with van der Waals surface area (Å²) in [5, 5.41) is 11.8. The van der Waals surface area contributed by atoms with Crippen molar-refractivity contribution in [3.63, 3.8) is 0 Å². The second kappa shape index (κ2) is 5.15. The van der Waals surface area contributed by atoms with Crippen LogP contribution in [0, 0.1) is 11.1 Å². The Morgan fingerprint density at radius 3 is 2.75 bits per heavy atom. The van der Waals surface area contributed by atoms with Crippen molar-refractivity contribution in [1.29, 1.82) is 0 Å². The first-order valence-electron chi connectivity index (χ1n) is 6.17. The van der Waals surface area contributed by atoms with Crippen LogP contribution in [0.1, 0.15) is 38.2 Å². The molecule has 0 N–H and O–H groups in total. The molecule has 1 aromatic rings. The monoisotopic (exact) mass is 217 g/mol. The number of hydrogen-bond donors (Lipinski definition) is 0. The first-order chi connectivity index (χ1) is 7.81. The minimum Gasteiger partial charge on any atom is -0.624 e. The molecule has 1 aliphatic rings. The molecule has 0 bridgehead atoms. The van der Waals surface area contributed by atoms with E-state index in [0.717, 1.165) is 17.7 Å². The molecule has 16 heavy (non-hydrogen) atoms. The molecule has 2 heteroatoms. The molecule has 2 rings (SSSR count). The van der Waals surface area contributed by atoms with E-state index < -0.39 is 0 Å². The van der Waals surface area contributed by atoms with E-state index >= 15 is 0 Å². The number of rotatable bonds is 4. The molecule has 0 spiro atoms. The highest BCUT2D eigenvalue weighted by molar-refractivity contribution is 5.97.